The number of nitrogens with zero attached hydrogens (tertiary/aromatic N) is 2. The number of halogens is 1. The number of thiazole rings is 1. The quantitative estimate of drug-likeness (QED) is 0.279. The fourth-order valence-electron chi connectivity index (χ4n) is 3.56. The number of guanidine groups is 1. The van der Waals surface area contributed by atoms with Crippen LogP contribution < -0.4 is 20.1 Å². The molecule has 166 valence electrons. The molecule has 1 aromatic carbocycles. The van der Waals surface area contributed by atoms with Crippen molar-refractivity contribution in [3.63, 3.8) is 0 Å². The van der Waals surface area contributed by atoms with Gasteiger partial charge in [-0.25, -0.2) is 9.98 Å². The maximum absolute atomic E-state index is 6.33. The van der Waals surface area contributed by atoms with E-state index in [2.05, 4.69) is 28.6 Å². The number of para-hydroxylation sites is 1. The second kappa shape index (κ2) is 12.3. The highest BCUT2D eigenvalue weighted by molar-refractivity contribution is 14.0. The van der Waals surface area contributed by atoms with Crippen molar-refractivity contribution in [3.05, 3.63) is 39.3 Å². The molecule has 2 N–H and O–H groups in total. The van der Waals surface area contributed by atoms with Crippen molar-refractivity contribution in [3.8, 4) is 11.5 Å². The Morgan fingerprint density at radius 2 is 2.00 bits per heavy atom. The summed E-state index contributed by atoms with van der Waals surface area (Å²) in [6, 6.07) is 6.02. The van der Waals surface area contributed by atoms with Crippen molar-refractivity contribution in [2.24, 2.45) is 4.99 Å². The summed E-state index contributed by atoms with van der Waals surface area (Å²) in [4.78, 5) is 10.5. The van der Waals surface area contributed by atoms with Gasteiger partial charge in [0.2, 0.25) is 0 Å². The van der Waals surface area contributed by atoms with Gasteiger partial charge in [0.25, 0.3) is 0 Å². The summed E-state index contributed by atoms with van der Waals surface area (Å²) in [6.07, 6.45) is 4.96. The van der Waals surface area contributed by atoms with Gasteiger partial charge in [0.05, 0.1) is 37.0 Å². The number of hydrogen-bond donors (Lipinski definition) is 2. The lowest BCUT2D eigenvalue weighted by Gasteiger charge is -2.19. The van der Waals surface area contributed by atoms with Gasteiger partial charge in [-0.2, -0.15) is 0 Å². The van der Waals surface area contributed by atoms with Crippen LogP contribution >= 0.6 is 35.3 Å². The molecule has 1 aromatic heterocycles. The van der Waals surface area contributed by atoms with Crippen molar-refractivity contribution in [1.82, 2.24) is 15.6 Å². The first kappa shape index (κ1) is 24.7. The molecule has 1 heterocycles. The summed E-state index contributed by atoms with van der Waals surface area (Å²) in [6.45, 7) is 8.19. The highest BCUT2D eigenvalue weighted by Crippen LogP contribution is 2.35. The Balaban J connectivity index is 0.00000320. The average Bonchev–Trinajstić information content (AvgIpc) is 3.33. The lowest BCUT2D eigenvalue weighted by atomic mass is 10.1. The van der Waals surface area contributed by atoms with Gasteiger partial charge < -0.3 is 20.1 Å². The molecule has 8 heteroatoms. The van der Waals surface area contributed by atoms with Gasteiger partial charge in [0.1, 0.15) is 0 Å². The van der Waals surface area contributed by atoms with Crippen LogP contribution in [-0.4, -0.2) is 30.7 Å². The van der Waals surface area contributed by atoms with Crippen LogP contribution in [0.25, 0.3) is 0 Å². The molecule has 1 aliphatic rings. The Morgan fingerprint density at radius 1 is 1.23 bits per heavy atom. The first-order valence-electron chi connectivity index (χ1n) is 10.4. The van der Waals surface area contributed by atoms with Crippen LogP contribution in [-0.2, 0) is 13.1 Å². The molecular weight excluding hydrogens is 511 g/mol. The minimum Gasteiger partial charge on any atom is -0.493 e. The lowest BCUT2D eigenvalue weighted by molar-refractivity contribution is 0.198. The summed E-state index contributed by atoms with van der Waals surface area (Å²) in [5.41, 5.74) is 2.12. The first-order valence-corrected chi connectivity index (χ1v) is 11.2. The van der Waals surface area contributed by atoms with Gasteiger partial charge in [-0.05, 0) is 52.5 Å². The fourth-order valence-corrected chi connectivity index (χ4v) is 4.44. The third-order valence-electron chi connectivity index (χ3n) is 5.03. The van der Waals surface area contributed by atoms with Gasteiger partial charge in [-0.15, -0.1) is 35.3 Å². The van der Waals surface area contributed by atoms with Gasteiger partial charge in [-0.3, -0.25) is 0 Å². The summed E-state index contributed by atoms with van der Waals surface area (Å²) in [5, 5.41) is 7.83. The highest BCUT2D eigenvalue weighted by atomic mass is 127. The molecule has 30 heavy (non-hydrogen) atoms. The van der Waals surface area contributed by atoms with E-state index in [1.165, 1.54) is 17.7 Å². The van der Waals surface area contributed by atoms with E-state index in [4.69, 9.17) is 14.5 Å². The maximum atomic E-state index is 6.33. The highest BCUT2D eigenvalue weighted by Gasteiger charge is 2.20. The van der Waals surface area contributed by atoms with Crippen LogP contribution in [0.4, 0.5) is 0 Å². The summed E-state index contributed by atoms with van der Waals surface area (Å²) in [7, 11) is 1.69. The minimum absolute atomic E-state index is 0. The zero-order valence-corrected chi connectivity index (χ0v) is 21.4. The number of aryl methyl sites for hydroxylation is 2. The average molecular weight is 545 g/mol. The van der Waals surface area contributed by atoms with Crippen molar-refractivity contribution in [1.29, 1.82) is 0 Å². The van der Waals surface area contributed by atoms with E-state index in [1.54, 1.807) is 18.4 Å². The fraction of sp³-hybridized carbons (Fsp3) is 0.545. The van der Waals surface area contributed by atoms with Crippen LogP contribution in [0, 0.1) is 13.8 Å². The normalized spacial score (nSPS) is 14.3. The molecule has 0 bridgehead atoms. The van der Waals surface area contributed by atoms with Gasteiger partial charge in [-0.1, -0.05) is 12.1 Å². The smallest absolute Gasteiger partial charge is 0.191 e. The molecule has 2 aromatic rings. The van der Waals surface area contributed by atoms with Crippen LogP contribution in [0.5, 0.6) is 11.5 Å². The van der Waals surface area contributed by atoms with Crippen molar-refractivity contribution in [2.75, 3.05) is 13.7 Å². The van der Waals surface area contributed by atoms with Crippen molar-refractivity contribution >= 4 is 41.3 Å². The standard InChI is InChI=1S/C22H32N4O2S.HI/c1-5-23-22(25-14-20-15(2)26-16(3)29-20)24-13-17-9-8-12-19(27-4)21(17)28-18-10-6-7-11-18;/h8-9,12,18H,5-7,10-11,13-14H2,1-4H3,(H2,23,24,25);1H. The Bertz CT molecular complexity index is 835. The Morgan fingerprint density at radius 3 is 2.63 bits per heavy atom. The predicted molar refractivity (Wildman–Crippen MR) is 135 cm³/mol. The van der Waals surface area contributed by atoms with Crippen LogP contribution in [0.2, 0.25) is 0 Å². The van der Waals surface area contributed by atoms with E-state index in [-0.39, 0.29) is 30.1 Å². The molecule has 3 rings (SSSR count). The second-order valence-electron chi connectivity index (χ2n) is 7.26. The Kier molecular flexibility index (Phi) is 10.2. The molecule has 0 spiro atoms. The second-order valence-corrected chi connectivity index (χ2v) is 8.55. The molecule has 0 atom stereocenters. The predicted octanol–water partition coefficient (Wildman–Crippen LogP) is 4.96. The van der Waals surface area contributed by atoms with E-state index >= 15 is 0 Å². The van der Waals surface area contributed by atoms with E-state index in [0.717, 1.165) is 53.1 Å². The molecule has 1 fully saturated rings. The molecule has 1 aliphatic carbocycles. The number of aliphatic imine (C=N–C) groups is 1. The summed E-state index contributed by atoms with van der Waals surface area (Å²) in [5.74, 6) is 2.39. The number of benzene rings is 1. The van der Waals surface area contributed by atoms with Gasteiger partial charge in [0, 0.05) is 17.0 Å². The summed E-state index contributed by atoms with van der Waals surface area (Å²) >= 11 is 1.72. The third kappa shape index (κ3) is 6.73. The van der Waals surface area contributed by atoms with E-state index < -0.39 is 0 Å². The third-order valence-corrected chi connectivity index (χ3v) is 6.11. The number of nitrogens with one attached hydrogen (secondary N) is 2. The number of methoxy groups -OCH3 is 1. The molecule has 1 saturated carbocycles. The maximum Gasteiger partial charge on any atom is 0.191 e. The van der Waals surface area contributed by atoms with Gasteiger partial charge >= 0.3 is 0 Å². The Labute approximate surface area is 200 Å². The SMILES string of the molecule is CCNC(=NCc1cccc(OC)c1OC1CCCC1)NCc1sc(C)nc1C.I. The van der Waals surface area contributed by atoms with E-state index in [9.17, 15) is 0 Å². The van der Waals surface area contributed by atoms with E-state index in [1.807, 2.05) is 26.0 Å². The van der Waals surface area contributed by atoms with Crippen LogP contribution in [0.3, 0.4) is 0 Å². The molecule has 0 saturated heterocycles. The number of aromatic nitrogens is 1. The summed E-state index contributed by atoms with van der Waals surface area (Å²) < 4.78 is 11.9. The molecule has 6 nitrogen and oxygen atoms in total. The first-order chi connectivity index (χ1) is 14.1. The number of rotatable bonds is 8. The van der Waals surface area contributed by atoms with Crippen molar-refractivity contribution in [2.45, 2.75) is 65.6 Å². The topological polar surface area (TPSA) is 67.8 Å². The molecular formula is C22H33IN4O2S. The van der Waals surface area contributed by atoms with Crippen LogP contribution in [0.1, 0.15) is 53.7 Å². The number of hydrogen-bond acceptors (Lipinski definition) is 5. The molecule has 0 amide bonds. The van der Waals surface area contributed by atoms with E-state index in [0.29, 0.717) is 13.1 Å². The van der Waals surface area contributed by atoms with Crippen LogP contribution in [0.15, 0.2) is 23.2 Å². The Hall–Kier alpha value is -1.55. The van der Waals surface area contributed by atoms with Crippen molar-refractivity contribution < 1.29 is 9.47 Å². The zero-order valence-electron chi connectivity index (χ0n) is 18.3. The zero-order chi connectivity index (χ0) is 20.6. The number of ether oxygens (including phenoxy) is 2. The molecule has 0 radical (unpaired) electrons. The molecule has 0 unspecified atom stereocenters. The largest absolute Gasteiger partial charge is 0.493 e. The monoisotopic (exact) mass is 544 g/mol. The lowest BCUT2D eigenvalue weighted by Crippen LogP contribution is -2.36. The minimum atomic E-state index is 0. The molecule has 0 aliphatic heterocycles. The van der Waals surface area contributed by atoms with Gasteiger partial charge in [0.15, 0.2) is 17.5 Å².